The molecule has 0 aliphatic carbocycles. The second-order valence-corrected chi connectivity index (χ2v) is 4.96. The summed E-state index contributed by atoms with van der Waals surface area (Å²) in [4.78, 5) is 34.7. The van der Waals surface area contributed by atoms with Crippen LogP contribution in [0.1, 0.15) is 31.1 Å². The van der Waals surface area contributed by atoms with E-state index in [4.69, 9.17) is 5.11 Å². The second kappa shape index (κ2) is 5.79. The first-order valence-electron chi connectivity index (χ1n) is 5.67. The van der Waals surface area contributed by atoms with Gasteiger partial charge in [0, 0.05) is 15.6 Å². The second-order valence-electron chi connectivity index (χ2n) is 4.05. The minimum absolute atomic E-state index is 0.0673. The predicted octanol–water partition coefficient (Wildman–Crippen LogP) is 3.21. The molecule has 0 aromatic heterocycles. The minimum atomic E-state index is -1.08. The van der Waals surface area contributed by atoms with Crippen molar-refractivity contribution in [2.45, 2.75) is 0 Å². The van der Waals surface area contributed by atoms with Crippen LogP contribution in [0.25, 0.3) is 0 Å². The maximum atomic E-state index is 12.0. The number of carboxylic acid groups (broad SMARTS) is 1. The van der Waals surface area contributed by atoms with Crippen LogP contribution in [0.3, 0.4) is 0 Å². The SMILES string of the molecule is O=C(O)c1ccc(C(=O)C(=O)c2ccc(Br)cc2)cc1. The van der Waals surface area contributed by atoms with E-state index in [-0.39, 0.29) is 11.1 Å². The average Bonchev–Trinajstić information content (AvgIpc) is 2.46. The van der Waals surface area contributed by atoms with Gasteiger partial charge in [-0.2, -0.15) is 0 Å². The zero-order valence-corrected chi connectivity index (χ0v) is 11.8. The number of halogens is 1. The van der Waals surface area contributed by atoms with Crippen LogP contribution in [0.15, 0.2) is 53.0 Å². The Morgan fingerprint density at radius 1 is 0.700 bits per heavy atom. The number of rotatable bonds is 4. The van der Waals surface area contributed by atoms with E-state index in [9.17, 15) is 14.4 Å². The molecule has 0 saturated heterocycles. The number of hydrogen-bond acceptors (Lipinski definition) is 3. The van der Waals surface area contributed by atoms with Crippen molar-refractivity contribution in [2.24, 2.45) is 0 Å². The van der Waals surface area contributed by atoms with Crippen LogP contribution in [0.4, 0.5) is 0 Å². The summed E-state index contributed by atoms with van der Waals surface area (Å²) in [6.07, 6.45) is 0. The zero-order chi connectivity index (χ0) is 14.7. The van der Waals surface area contributed by atoms with Gasteiger partial charge in [-0.1, -0.05) is 28.1 Å². The van der Waals surface area contributed by atoms with Crippen LogP contribution in [-0.4, -0.2) is 22.6 Å². The summed E-state index contributed by atoms with van der Waals surface area (Å²) in [6, 6.07) is 11.7. The van der Waals surface area contributed by atoms with Gasteiger partial charge in [-0.05, 0) is 36.4 Å². The van der Waals surface area contributed by atoms with Gasteiger partial charge in [-0.25, -0.2) is 4.79 Å². The molecular weight excluding hydrogens is 324 g/mol. The van der Waals surface area contributed by atoms with Crippen molar-refractivity contribution < 1.29 is 19.5 Å². The molecular formula is C15H9BrO4. The molecule has 2 aromatic carbocycles. The molecule has 0 bridgehead atoms. The van der Waals surface area contributed by atoms with Gasteiger partial charge in [-0.15, -0.1) is 0 Å². The Bertz CT molecular complexity index is 672. The van der Waals surface area contributed by atoms with Crippen LogP contribution in [0.5, 0.6) is 0 Å². The van der Waals surface area contributed by atoms with Crippen LogP contribution in [0, 0.1) is 0 Å². The van der Waals surface area contributed by atoms with Gasteiger partial charge in [0.1, 0.15) is 0 Å². The number of carboxylic acids is 1. The summed E-state index contributed by atoms with van der Waals surface area (Å²) in [5.41, 5.74) is 0.529. The fraction of sp³-hybridized carbons (Fsp3) is 0. The van der Waals surface area contributed by atoms with Gasteiger partial charge in [0.15, 0.2) is 0 Å². The molecule has 0 fully saturated rings. The third kappa shape index (κ3) is 3.00. The van der Waals surface area contributed by atoms with Crippen molar-refractivity contribution in [3.63, 3.8) is 0 Å². The van der Waals surface area contributed by atoms with E-state index in [1.165, 1.54) is 24.3 Å². The summed E-state index contributed by atoms with van der Waals surface area (Å²) in [5, 5.41) is 8.77. The highest BCUT2D eigenvalue weighted by Crippen LogP contribution is 2.13. The number of Topliss-reactive ketones (excluding diaryl/α,β-unsaturated/α-hetero) is 2. The quantitative estimate of drug-likeness (QED) is 0.689. The highest BCUT2D eigenvalue weighted by atomic mass is 79.9. The molecule has 100 valence electrons. The van der Waals surface area contributed by atoms with E-state index in [1.54, 1.807) is 24.3 Å². The van der Waals surface area contributed by atoms with Crippen molar-refractivity contribution in [1.29, 1.82) is 0 Å². The lowest BCUT2D eigenvalue weighted by Gasteiger charge is -2.02. The Morgan fingerprint density at radius 3 is 1.45 bits per heavy atom. The Morgan fingerprint density at radius 2 is 1.05 bits per heavy atom. The molecule has 4 nitrogen and oxygen atoms in total. The van der Waals surface area contributed by atoms with Crippen LogP contribution < -0.4 is 0 Å². The van der Waals surface area contributed by atoms with Crippen molar-refractivity contribution in [3.05, 3.63) is 69.7 Å². The van der Waals surface area contributed by atoms with Gasteiger partial charge >= 0.3 is 5.97 Å². The van der Waals surface area contributed by atoms with Crippen molar-refractivity contribution >= 4 is 33.5 Å². The molecule has 2 rings (SSSR count). The van der Waals surface area contributed by atoms with Crippen molar-refractivity contribution in [3.8, 4) is 0 Å². The topological polar surface area (TPSA) is 71.4 Å². The molecule has 2 aromatic rings. The summed E-state index contributed by atoms with van der Waals surface area (Å²) in [6.45, 7) is 0. The highest BCUT2D eigenvalue weighted by molar-refractivity contribution is 9.10. The molecule has 5 heteroatoms. The van der Waals surface area contributed by atoms with E-state index in [2.05, 4.69) is 15.9 Å². The molecule has 0 radical (unpaired) electrons. The van der Waals surface area contributed by atoms with E-state index in [1.807, 2.05) is 0 Å². The molecule has 0 amide bonds. The molecule has 20 heavy (non-hydrogen) atoms. The number of hydrogen-bond donors (Lipinski definition) is 1. The van der Waals surface area contributed by atoms with Gasteiger partial charge in [0.2, 0.25) is 11.6 Å². The summed E-state index contributed by atoms with van der Waals surface area (Å²) < 4.78 is 0.812. The third-order valence-electron chi connectivity index (χ3n) is 2.71. The standard InChI is InChI=1S/C15H9BrO4/c16-12-7-5-10(6-8-12)14(18)13(17)9-1-3-11(4-2-9)15(19)20/h1-8H,(H,19,20). The van der Waals surface area contributed by atoms with E-state index in [0.717, 1.165) is 4.47 Å². The number of ketones is 2. The molecule has 0 heterocycles. The Balaban J connectivity index is 2.24. The third-order valence-corrected chi connectivity index (χ3v) is 3.24. The Labute approximate surface area is 123 Å². The first-order chi connectivity index (χ1) is 9.49. The first kappa shape index (κ1) is 14.1. The first-order valence-corrected chi connectivity index (χ1v) is 6.46. The maximum absolute atomic E-state index is 12.0. The van der Waals surface area contributed by atoms with Crippen molar-refractivity contribution in [1.82, 2.24) is 0 Å². The predicted molar refractivity (Wildman–Crippen MR) is 76.2 cm³/mol. The van der Waals surface area contributed by atoms with Crippen LogP contribution >= 0.6 is 15.9 Å². The van der Waals surface area contributed by atoms with Gasteiger partial charge < -0.3 is 5.11 Å². The van der Waals surface area contributed by atoms with E-state index >= 15 is 0 Å². The smallest absolute Gasteiger partial charge is 0.335 e. The summed E-state index contributed by atoms with van der Waals surface area (Å²) in [5.74, 6) is -2.37. The fourth-order valence-electron chi connectivity index (χ4n) is 1.63. The van der Waals surface area contributed by atoms with Crippen molar-refractivity contribution in [2.75, 3.05) is 0 Å². The van der Waals surface area contributed by atoms with E-state index < -0.39 is 17.5 Å². The molecule has 0 spiro atoms. The molecule has 0 aliphatic heterocycles. The summed E-state index contributed by atoms with van der Waals surface area (Å²) in [7, 11) is 0. The monoisotopic (exact) mass is 332 g/mol. The largest absolute Gasteiger partial charge is 0.478 e. The number of aromatic carboxylic acids is 1. The van der Waals surface area contributed by atoms with Gasteiger partial charge in [0.05, 0.1) is 5.56 Å². The highest BCUT2D eigenvalue weighted by Gasteiger charge is 2.18. The fourth-order valence-corrected chi connectivity index (χ4v) is 1.89. The van der Waals surface area contributed by atoms with Crippen LogP contribution in [-0.2, 0) is 0 Å². The maximum Gasteiger partial charge on any atom is 0.335 e. The number of carbonyl (C=O) groups is 3. The lowest BCUT2D eigenvalue weighted by Crippen LogP contribution is -2.14. The van der Waals surface area contributed by atoms with Gasteiger partial charge in [0.25, 0.3) is 0 Å². The normalized spacial score (nSPS) is 10.1. The number of benzene rings is 2. The Kier molecular flexibility index (Phi) is 4.10. The van der Waals surface area contributed by atoms with Gasteiger partial charge in [-0.3, -0.25) is 9.59 Å². The minimum Gasteiger partial charge on any atom is -0.478 e. The van der Waals surface area contributed by atoms with Crippen LogP contribution in [0.2, 0.25) is 0 Å². The molecule has 0 atom stereocenters. The summed E-state index contributed by atoms with van der Waals surface area (Å²) >= 11 is 3.25. The lowest BCUT2D eigenvalue weighted by atomic mass is 10.0. The zero-order valence-electron chi connectivity index (χ0n) is 10.2. The molecule has 0 saturated carbocycles. The average molecular weight is 333 g/mol. The van der Waals surface area contributed by atoms with E-state index in [0.29, 0.717) is 5.56 Å². The lowest BCUT2D eigenvalue weighted by molar-refractivity contribution is 0.0696. The molecule has 1 N–H and O–H groups in total. The Hall–Kier alpha value is -2.27. The number of carbonyl (C=O) groups excluding carboxylic acids is 2. The molecule has 0 unspecified atom stereocenters. The molecule has 0 aliphatic rings.